The summed E-state index contributed by atoms with van der Waals surface area (Å²) >= 11 is 0. The van der Waals surface area contributed by atoms with E-state index in [1.807, 2.05) is 61.5 Å². The first-order valence-electron chi connectivity index (χ1n) is 10.9. The third-order valence-corrected chi connectivity index (χ3v) is 4.93. The molecule has 7 heteroatoms. The molecule has 0 saturated heterocycles. The quantitative estimate of drug-likeness (QED) is 0.332. The molecule has 1 aromatic heterocycles. The van der Waals surface area contributed by atoms with Gasteiger partial charge in [-0.25, -0.2) is 4.98 Å². The van der Waals surface area contributed by atoms with Crippen LogP contribution in [0.25, 0.3) is 11.3 Å². The Morgan fingerprint density at radius 3 is 2.47 bits per heavy atom. The summed E-state index contributed by atoms with van der Waals surface area (Å²) < 4.78 is 16.6. The predicted molar refractivity (Wildman–Crippen MR) is 128 cm³/mol. The SMILES string of the molecule is Cc1ccc(-c2cnc(CCC(=O)OCC(=O)Nc3ccccc3Oc3ccccc3)o2)cc1. The van der Waals surface area contributed by atoms with E-state index in [-0.39, 0.29) is 12.8 Å². The predicted octanol–water partition coefficient (Wildman–Crippen LogP) is 5.56. The Balaban J connectivity index is 1.24. The van der Waals surface area contributed by atoms with E-state index >= 15 is 0 Å². The molecule has 0 aliphatic rings. The van der Waals surface area contributed by atoms with Crippen molar-refractivity contribution in [3.63, 3.8) is 0 Å². The Morgan fingerprint density at radius 1 is 0.941 bits per heavy atom. The van der Waals surface area contributed by atoms with Crippen molar-refractivity contribution in [3.8, 4) is 22.8 Å². The Morgan fingerprint density at radius 2 is 1.68 bits per heavy atom. The summed E-state index contributed by atoms with van der Waals surface area (Å²) in [6.07, 6.45) is 1.96. The van der Waals surface area contributed by atoms with Gasteiger partial charge < -0.3 is 19.2 Å². The molecule has 0 saturated carbocycles. The van der Waals surface area contributed by atoms with Crippen LogP contribution in [-0.2, 0) is 20.7 Å². The van der Waals surface area contributed by atoms with Crippen LogP contribution >= 0.6 is 0 Å². The number of para-hydroxylation sites is 3. The lowest BCUT2D eigenvalue weighted by Crippen LogP contribution is -2.21. The second kappa shape index (κ2) is 11.0. The normalized spacial score (nSPS) is 10.5. The zero-order chi connectivity index (χ0) is 23.8. The lowest BCUT2D eigenvalue weighted by molar-refractivity contribution is -0.147. The number of amides is 1. The first-order valence-corrected chi connectivity index (χ1v) is 10.9. The van der Waals surface area contributed by atoms with Gasteiger partial charge in [-0.15, -0.1) is 0 Å². The van der Waals surface area contributed by atoms with Gasteiger partial charge in [0, 0.05) is 12.0 Å². The first-order chi connectivity index (χ1) is 16.6. The van der Waals surface area contributed by atoms with E-state index < -0.39 is 18.5 Å². The third-order valence-electron chi connectivity index (χ3n) is 4.93. The molecule has 0 radical (unpaired) electrons. The van der Waals surface area contributed by atoms with E-state index in [4.69, 9.17) is 13.9 Å². The van der Waals surface area contributed by atoms with Crippen molar-refractivity contribution in [3.05, 3.63) is 96.5 Å². The highest BCUT2D eigenvalue weighted by Crippen LogP contribution is 2.29. The van der Waals surface area contributed by atoms with Crippen LogP contribution in [0.5, 0.6) is 11.5 Å². The van der Waals surface area contributed by atoms with E-state index in [0.29, 0.717) is 28.8 Å². The number of carbonyl (C=O) groups excluding carboxylic acids is 2. The van der Waals surface area contributed by atoms with Gasteiger partial charge in [0.05, 0.1) is 18.3 Å². The number of hydrogen-bond acceptors (Lipinski definition) is 6. The minimum absolute atomic E-state index is 0.0504. The van der Waals surface area contributed by atoms with Crippen LogP contribution in [-0.4, -0.2) is 23.5 Å². The molecule has 0 bridgehead atoms. The average Bonchev–Trinajstić information content (AvgIpc) is 3.33. The van der Waals surface area contributed by atoms with E-state index in [0.717, 1.165) is 11.1 Å². The van der Waals surface area contributed by atoms with E-state index in [2.05, 4.69) is 10.3 Å². The van der Waals surface area contributed by atoms with E-state index in [1.54, 1.807) is 30.5 Å². The number of ether oxygens (including phenoxy) is 2. The molecular formula is C27H24N2O5. The maximum Gasteiger partial charge on any atom is 0.306 e. The van der Waals surface area contributed by atoms with Gasteiger partial charge in [-0.3, -0.25) is 9.59 Å². The summed E-state index contributed by atoms with van der Waals surface area (Å²) in [4.78, 5) is 28.6. The molecule has 3 aromatic carbocycles. The maximum absolute atomic E-state index is 12.3. The molecule has 0 unspecified atom stereocenters. The Hall–Kier alpha value is -4.39. The molecule has 0 spiro atoms. The maximum atomic E-state index is 12.3. The van der Waals surface area contributed by atoms with Crippen LogP contribution in [0, 0.1) is 6.92 Å². The fourth-order valence-corrected chi connectivity index (χ4v) is 3.17. The highest BCUT2D eigenvalue weighted by Gasteiger charge is 2.13. The summed E-state index contributed by atoms with van der Waals surface area (Å²) in [5.74, 6) is 1.23. The van der Waals surface area contributed by atoms with Gasteiger partial charge in [0.1, 0.15) is 5.75 Å². The largest absolute Gasteiger partial charge is 0.456 e. The molecule has 4 rings (SSSR count). The summed E-state index contributed by atoms with van der Waals surface area (Å²) in [7, 11) is 0. The minimum Gasteiger partial charge on any atom is -0.456 e. The van der Waals surface area contributed by atoms with Crippen molar-refractivity contribution < 1.29 is 23.5 Å². The van der Waals surface area contributed by atoms with E-state index in [9.17, 15) is 9.59 Å². The average molecular weight is 456 g/mol. The molecule has 172 valence electrons. The highest BCUT2D eigenvalue weighted by molar-refractivity contribution is 5.94. The molecule has 1 heterocycles. The van der Waals surface area contributed by atoms with Crippen molar-refractivity contribution in [2.75, 3.05) is 11.9 Å². The van der Waals surface area contributed by atoms with Crippen molar-refractivity contribution >= 4 is 17.6 Å². The molecule has 1 amide bonds. The van der Waals surface area contributed by atoms with Crippen LogP contribution in [0.1, 0.15) is 17.9 Å². The lowest BCUT2D eigenvalue weighted by Gasteiger charge is -2.12. The summed E-state index contributed by atoms with van der Waals surface area (Å²) in [5.41, 5.74) is 2.55. The second-order valence-corrected chi connectivity index (χ2v) is 7.60. The van der Waals surface area contributed by atoms with Crippen molar-refractivity contribution in [1.29, 1.82) is 0 Å². The van der Waals surface area contributed by atoms with Gasteiger partial charge in [0.2, 0.25) is 0 Å². The van der Waals surface area contributed by atoms with Gasteiger partial charge >= 0.3 is 5.97 Å². The zero-order valence-electron chi connectivity index (χ0n) is 18.7. The van der Waals surface area contributed by atoms with Gasteiger partial charge in [-0.1, -0.05) is 60.2 Å². The molecule has 0 aliphatic carbocycles. The van der Waals surface area contributed by atoms with Gasteiger partial charge in [-0.05, 0) is 31.2 Å². The number of nitrogens with zero attached hydrogens (tertiary/aromatic N) is 1. The number of aromatic nitrogens is 1. The molecular weight excluding hydrogens is 432 g/mol. The lowest BCUT2D eigenvalue weighted by atomic mass is 10.1. The fourth-order valence-electron chi connectivity index (χ4n) is 3.17. The van der Waals surface area contributed by atoms with Crippen molar-refractivity contribution in [2.45, 2.75) is 19.8 Å². The minimum atomic E-state index is -0.515. The molecule has 34 heavy (non-hydrogen) atoms. The van der Waals surface area contributed by atoms with Crippen LogP contribution < -0.4 is 10.1 Å². The second-order valence-electron chi connectivity index (χ2n) is 7.60. The van der Waals surface area contributed by atoms with Crippen LogP contribution in [0.4, 0.5) is 5.69 Å². The number of oxazole rings is 1. The molecule has 0 aliphatic heterocycles. The number of carbonyl (C=O) groups is 2. The number of benzene rings is 3. The van der Waals surface area contributed by atoms with Gasteiger partial charge in [0.15, 0.2) is 24.0 Å². The van der Waals surface area contributed by atoms with Crippen LogP contribution in [0.2, 0.25) is 0 Å². The Bertz CT molecular complexity index is 1250. The molecule has 0 fully saturated rings. The monoisotopic (exact) mass is 456 g/mol. The number of rotatable bonds is 9. The molecule has 1 N–H and O–H groups in total. The molecule has 4 aromatic rings. The highest BCUT2D eigenvalue weighted by atomic mass is 16.5. The van der Waals surface area contributed by atoms with Crippen LogP contribution in [0.15, 0.2) is 89.5 Å². The number of esters is 1. The standard InChI is InChI=1S/C27H24N2O5/c1-19-11-13-20(14-12-19)24-17-28-26(34-24)15-16-27(31)32-18-25(30)29-22-9-5-6-10-23(22)33-21-7-3-2-4-8-21/h2-14,17H,15-16,18H2,1H3,(H,29,30). The smallest absolute Gasteiger partial charge is 0.306 e. The summed E-state index contributed by atoms with van der Waals surface area (Å²) in [6, 6.07) is 24.2. The number of nitrogens with one attached hydrogen (secondary N) is 1. The third kappa shape index (κ3) is 6.32. The van der Waals surface area contributed by atoms with Crippen LogP contribution in [0.3, 0.4) is 0 Å². The molecule has 7 nitrogen and oxygen atoms in total. The zero-order valence-corrected chi connectivity index (χ0v) is 18.7. The van der Waals surface area contributed by atoms with Gasteiger partial charge in [-0.2, -0.15) is 0 Å². The van der Waals surface area contributed by atoms with Crippen molar-refractivity contribution in [2.24, 2.45) is 0 Å². The van der Waals surface area contributed by atoms with Gasteiger partial charge in [0.25, 0.3) is 5.91 Å². The summed E-state index contributed by atoms with van der Waals surface area (Å²) in [5, 5.41) is 2.71. The number of hydrogen-bond donors (Lipinski definition) is 1. The van der Waals surface area contributed by atoms with Crippen molar-refractivity contribution in [1.82, 2.24) is 4.98 Å². The number of aryl methyl sites for hydroxylation is 2. The fraction of sp³-hybridized carbons (Fsp3) is 0.148. The molecule has 0 atom stereocenters. The van der Waals surface area contributed by atoms with E-state index in [1.165, 1.54) is 0 Å². The Kier molecular flexibility index (Phi) is 7.35. The summed E-state index contributed by atoms with van der Waals surface area (Å²) in [6.45, 7) is 1.61. The first kappa shape index (κ1) is 22.8. The number of anilines is 1. The topological polar surface area (TPSA) is 90.7 Å². The Labute approximate surface area is 197 Å².